The van der Waals surface area contributed by atoms with Gasteiger partial charge in [-0.25, -0.2) is 4.39 Å². The molecule has 0 bridgehead atoms. The molecule has 0 aliphatic rings. The lowest BCUT2D eigenvalue weighted by atomic mass is 10.2. The molecule has 3 aromatic rings. The lowest BCUT2D eigenvalue weighted by Gasteiger charge is -2.18. The van der Waals surface area contributed by atoms with Gasteiger partial charge in [0.2, 0.25) is 5.91 Å². The first-order valence-electron chi connectivity index (χ1n) is 10.1. The second-order valence-corrected chi connectivity index (χ2v) is 8.29. The van der Waals surface area contributed by atoms with Gasteiger partial charge in [-0.2, -0.15) is 11.3 Å². The van der Waals surface area contributed by atoms with Crippen LogP contribution in [0.5, 0.6) is 5.75 Å². The first-order chi connectivity index (χ1) is 15.0. The Bertz CT molecular complexity index is 1000. The zero-order valence-electron chi connectivity index (χ0n) is 17.8. The van der Waals surface area contributed by atoms with Gasteiger partial charge in [0.25, 0.3) is 0 Å². The second-order valence-electron chi connectivity index (χ2n) is 7.51. The summed E-state index contributed by atoms with van der Waals surface area (Å²) in [5.41, 5.74) is 3.13. The number of thiophene rings is 1. The largest absolute Gasteiger partial charge is 0.489 e. The highest BCUT2D eigenvalue weighted by Gasteiger charge is 2.08. The first-order valence-corrected chi connectivity index (χ1v) is 11.1. The van der Waals surface area contributed by atoms with Crippen LogP contribution in [0, 0.1) is 5.82 Å². The molecule has 0 saturated carbocycles. The standard InChI is InChI=1S/C25H27FN2O2S/c1-19(15-27-25(29)10-9-20-5-3-7-23(26)13-20)30-24-8-4-6-21(14-24)16-28(2)17-22-11-12-31-18-22/h3-14,18-19H,15-17H2,1-2H3,(H,27,29)/b10-9+. The highest BCUT2D eigenvalue weighted by Crippen LogP contribution is 2.17. The van der Waals surface area contributed by atoms with Crippen LogP contribution in [0.15, 0.2) is 71.4 Å². The number of carbonyl (C=O) groups is 1. The predicted molar refractivity (Wildman–Crippen MR) is 124 cm³/mol. The number of ether oxygens (including phenoxy) is 1. The molecule has 1 N–H and O–H groups in total. The fourth-order valence-corrected chi connectivity index (χ4v) is 3.80. The zero-order chi connectivity index (χ0) is 22.1. The SMILES string of the molecule is CC(CNC(=O)/C=C/c1cccc(F)c1)Oc1cccc(CN(C)Cc2ccsc2)c1. The highest BCUT2D eigenvalue weighted by molar-refractivity contribution is 7.07. The number of halogens is 1. The third-order valence-corrected chi connectivity index (χ3v) is 5.29. The van der Waals surface area contributed by atoms with Crippen LogP contribution in [-0.4, -0.2) is 30.5 Å². The molecule has 3 rings (SSSR count). The molecule has 0 aliphatic heterocycles. The van der Waals surface area contributed by atoms with Gasteiger partial charge < -0.3 is 10.1 Å². The Kier molecular flexibility index (Phi) is 8.38. The smallest absolute Gasteiger partial charge is 0.244 e. The summed E-state index contributed by atoms with van der Waals surface area (Å²) in [5.74, 6) is 0.200. The number of benzene rings is 2. The number of nitrogens with zero attached hydrogens (tertiary/aromatic N) is 1. The van der Waals surface area contributed by atoms with Crippen molar-refractivity contribution in [2.45, 2.75) is 26.1 Å². The van der Waals surface area contributed by atoms with Gasteiger partial charge in [-0.3, -0.25) is 9.69 Å². The van der Waals surface area contributed by atoms with Gasteiger partial charge in [0.05, 0.1) is 6.54 Å². The average Bonchev–Trinajstić information content (AvgIpc) is 3.24. The molecule has 1 aromatic heterocycles. The second kappa shape index (κ2) is 11.4. The maximum Gasteiger partial charge on any atom is 0.244 e. The Labute approximate surface area is 187 Å². The Morgan fingerprint density at radius 3 is 2.74 bits per heavy atom. The monoisotopic (exact) mass is 438 g/mol. The van der Waals surface area contributed by atoms with E-state index in [1.54, 1.807) is 29.5 Å². The molecule has 0 fully saturated rings. The Morgan fingerprint density at radius 2 is 1.97 bits per heavy atom. The van der Waals surface area contributed by atoms with Crippen LogP contribution in [0.1, 0.15) is 23.6 Å². The fraction of sp³-hybridized carbons (Fsp3) is 0.240. The van der Waals surface area contributed by atoms with Gasteiger partial charge in [-0.05, 0) is 77.8 Å². The van der Waals surface area contributed by atoms with E-state index < -0.39 is 0 Å². The van der Waals surface area contributed by atoms with E-state index in [9.17, 15) is 9.18 Å². The van der Waals surface area contributed by atoms with Gasteiger partial charge in [0.1, 0.15) is 17.7 Å². The summed E-state index contributed by atoms with van der Waals surface area (Å²) in [5, 5.41) is 7.07. The average molecular weight is 439 g/mol. The molecule has 2 aromatic carbocycles. The number of rotatable bonds is 10. The molecule has 0 radical (unpaired) electrons. The van der Waals surface area contributed by atoms with Gasteiger partial charge in [-0.15, -0.1) is 0 Å². The quantitative estimate of drug-likeness (QED) is 0.447. The van der Waals surface area contributed by atoms with Crippen LogP contribution in [0.4, 0.5) is 4.39 Å². The van der Waals surface area contributed by atoms with Crippen molar-refractivity contribution in [1.29, 1.82) is 0 Å². The van der Waals surface area contributed by atoms with Crippen molar-refractivity contribution in [3.05, 3.63) is 93.9 Å². The van der Waals surface area contributed by atoms with Crippen molar-refractivity contribution in [2.75, 3.05) is 13.6 Å². The maximum absolute atomic E-state index is 13.2. The van der Waals surface area contributed by atoms with Gasteiger partial charge in [-0.1, -0.05) is 24.3 Å². The normalized spacial score (nSPS) is 12.3. The first kappa shape index (κ1) is 22.7. The number of hydrogen-bond donors (Lipinski definition) is 1. The summed E-state index contributed by atoms with van der Waals surface area (Å²) in [6.07, 6.45) is 2.79. The molecule has 1 unspecified atom stereocenters. The summed E-state index contributed by atoms with van der Waals surface area (Å²) in [6, 6.07) is 16.3. The number of amides is 1. The maximum atomic E-state index is 13.2. The van der Waals surface area contributed by atoms with E-state index in [-0.39, 0.29) is 17.8 Å². The molecule has 1 atom stereocenters. The lowest BCUT2D eigenvalue weighted by molar-refractivity contribution is -0.116. The summed E-state index contributed by atoms with van der Waals surface area (Å²) in [6.45, 7) is 4.00. The van der Waals surface area contributed by atoms with Crippen molar-refractivity contribution < 1.29 is 13.9 Å². The molecular formula is C25H27FN2O2S. The summed E-state index contributed by atoms with van der Waals surface area (Å²) < 4.78 is 19.1. The summed E-state index contributed by atoms with van der Waals surface area (Å²) in [7, 11) is 2.10. The molecule has 0 aliphatic carbocycles. The molecule has 4 nitrogen and oxygen atoms in total. The van der Waals surface area contributed by atoms with Crippen LogP contribution in [0.25, 0.3) is 6.08 Å². The Balaban J connectivity index is 1.45. The highest BCUT2D eigenvalue weighted by atomic mass is 32.1. The van der Waals surface area contributed by atoms with E-state index in [0.29, 0.717) is 12.1 Å². The molecule has 0 saturated heterocycles. The number of nitrogens with one attached hydrogen (secondary N) is 1. The van der Waals surface area contributed by atoms with E-state index in [0.717, 1.165) is 18.8 Å². The minimum absolute atomic E-state index is 0.190. The zero-order valence-corrected chi connectivity index (χ0v) is 18.6. The summed E-state index contributed by atoms with van der Waals surface area (Å²) in [4.78, 5) is 14.3. The Hall–Kier alpha value is -2.96. The van der Waals surface area contributed by atoms with E-state index in [2.05, 4.69) is 40.2 Å². The van der Waals surface area contributed by atoms with E-state index in [4.69, 9.17) is 4.74 Å². The molecule has 1 heterocycles. The topological polar surface area (TPSA) is 41.6 Å². The van der Waals surface area contributed by atoms with Crippen LogP contribution in [-0.2, 0) is 17.9 Å². The van der Waals surface area contributed by atoms with Crippen molar-refractivity contribution >= 4 is 23.3 Å². The van der Waals surface area contributed by atoms with Crippen molar-refractivity contribution in [2.24, 2.45) is 0 Å². The molecule has 31 heavy (non-hydrogen) atoms. The predicted octanol–water partition coefficient (Wildman–Crippen LogP) is 5.12. The minimum atomic E-state index is -0.329. The summed E-state index contributed by atoms with van der Waals surface area (Å²) >= 11 is 1.71. The van der Waals surface area contributed by atoms with E-state index >= 15 is 0 Å². The number of hydrogen-bond acceptors (Lipinski definition) is 4. The van der Waals surface area contributed by atoms with Crippen LogP contribution < -0.4 is 10.1 Å². The van der Waals surface area contributed by atoms with Crippen molar-refractivity contribution in [3.8, 4) is 5.75 Å². The van der Waals surface area contributed by atoms with Gasteiger partial charge >= 0.3 is 0 Å². The van der Waals surface area contributed by atoms with Gasteiger partial charge in [0.15, 0.2) is 0 Å². The molecule has 1 amide bonds. The van der Waals surface area contributed by atoms with Crippen LogP contribution >= 0.6 is 11.3 Å². The van der Waals surface area contributed by atoms with Gasteiger partial charge in [0, 0.05) is 19.2 Å². The molecule has 162 valence electrons. The molecular weight excluding hydrogens is 411 g/mol. The van der Waals surface area contributed by atoms with Crippen LogP contribution in [0.3, 0.4) is 0 Å². The fourth-order valence-electron chi connectivity index (χ4n) is 3.14. The third-order valence-electron chi connectivity index (χ3n) is 4.56. The Morgan fingerprint density at radius 1 is 1.16 bits per heavy atom. The van der Waals surface area contributed by atoms with Crippen molar-refractivity contribution in [3.63, 3.8) is 0 Å². The number of carbonyl (C=O) groups excluding carboxylic acids is 1. The molecule has 6 heteroatoms. The van der Waals surface area contributed by atoms with E-state index in [1.807, 2.05) is 25.1 Å². The molecule has 0 spiro atoms. The van der Waals surface area contributed by atoms with Crippen LogP contribution in [0.2, 0.25) is 0 Å². The van der Waals surface area contributed by atoms with E-state index in [1.165, 1.54) is 29.3 Å². The lowest BCUT2D eigenvalue weighted by Crippen LogP contribution is -2.32. The third kappa shape index (κ3) is 8.00. The van der Waals surface area contributed by atoms with Crippen molar-refractivity contribution in [1.82, 2.24) is 10.2 Å². The minimum Gasteiger partial charge on any atom is -0.489 e.